The molecule has 0 bridgehead atoms. The van der Waals surface area contributed by atoms with E-state index >= 15 is 0 Å². The van der Waals surface area contributed by atoms with E-state index in [1.807, 2.05) is 0 Å². The monoisotopic (exact) mass is 266 g/mol. The summed E-state index contributed by atoms with van der Waals surface area (Å²) in [5, 5.41) is 10.6. The Labute approximate surface area is 112 Å². The molecule has 0 unspecified atom stereocenters. The molecule has 4 nitrogen and oxygen atoms in total. The Kier molecular flexibility index (Phi) is 4.47. The van der Waals surface area contributed by atoms with Gasteiger partial charge in [0.1, 0.15) is 0 Å². The van der Waals surface area contributed by atoms with E-state index in [4.69, 9.17) is 0 Å². The molecule has 0 spiro atoms. The molecule has 1 saturated carbocycles. The first-order chi connectivity index (χ1) is 9.10. The standard InChI is InChI=1S/C14H19FN2O2/c1-2-16(9-11-4-3-5-11)10-12-6-7-14(17(18)19)13(15)8-12/h6-8,11H,2-5,9-10H2,1H3. The van der Waals surface area contributed by atoms with Crippen molar-refractivity contribution in [2.24, 2.45) is 5.92 Å². The molecule has 0 aromatic heterocycles. The highest BCUT2D eigenvalue weighted by molar-refractivity contribution is 5.34. The minimum absolute atomic E-state index is 0.453. The van der Waals surface area contributed by atoms with Crippen LogP contribution in [0.1, 0.15) is 31.7 Å². The first-order valence-corrected chi connectivity index (χ1v) is 6.75. The molecule has 0 radical (unpaired) electrons. The van der Waals surface area contributed by atoms with Crippen molar-refractivity contribution in [1.82, 2.24) is 4.90 Å². The third kappa shape index (κ3) is 3.50. The molecule has 2 rings (SSSR count). The highest BCUT2D eigenvalue weighted by Gasteiger charge is 2.20. The molecule has 1 fully saturated rings. The van der Waals surface area contributed by atoms with Gasteiger partial charge in [-0.3, -0.25) is 15.0 Å². The summed E-state index contributed by atoms with van der Waals surface area (Å²) in [6.45, 7) is 4.69. The fourth-order valence-electron chi connectivity index (χ4n) is 2.40. The minimum atomic E-state index is -0.748. The number of halogens is 1. The number of nitrogens with zero attached hydrogens (tertiary/aromatic N) is 2. The summed E-state index contributed by atoms with van der Waals surface area (Å²) in [7, 11) is 0. The Bertz CT molecular complexity index is 461. The van der Waals surface area contributed by atoms with Gasteiger partial charge in [0.05, 0.1) is 4.92 Å². The third-order valence-electron chi connectivity index (χ3n) is 3.80. The molecule has 0 N–H and O–H groups in total. The Morgan fingerprint density at radius 2 is 2.21 bits per heavy atom. The van der Waals surface area contributed by atoms with E-state index in [1.54, 1.807) is 6.07 Å². The van der Waals surface area contributed by atoms with Crippen LogP contribution >= 0.6 is 0 Å². The lowest BCUT2D eigenvalue weighted by Gasteiger charge is -2.31. The highest BCUT2D eigenvalue weighted by atomic mass is 19.1. The van der Waals surface area contributed by atoms with Crippen LogP contribution in [0.25, 0.3) is 0 Å². The van der Waals surface area contributed by atoms with E-state index in [0.717, 1.165) is 24.6 Å². The van der Waals surface area contributed by atoms with Crippen molar-refractivity contribution >= 4 is 5.69 Å². The summed E-state index contributed by atoms with van der Waals surface area (Å²) in [4.78, 5) is 12.1. The van der Waals surface area contributed by atoms with E-state index in [-0.39, 0.29) is 0 Å². The van der Waals surface area contributed by atoms with Crippen molar-refractivity contribution in [2.75, 3.05) is 13.1 Å². The van der Waals surface area contributed by atoms with Gasteiger partial charge in [0.15, 0.2) is 0 Å². The van der Waals surface area contributed by atoms with Crippen molar-refractivity contribution in [2.45, 2.75) is 32.7 Å². The SMILES string of the molecule is CCN(Cc1ccc([N+](=O)[O-])c(F)c1)CC1CCC1. The van der Waals surface area contributed by atoms with Gasteiger partial charge in [-0.15, -0.1) is 0 Å². The van der Waals surface area contributed by atoms with Crippen LogP contribution in [0.3, 0.4) is 0 Å². The average molecular weight is 266 g/mol. The maximum absolute atomic E-state index is 13.5. The fourth-order valence-corrected chi connectivity index (χ4v) is 2.40. The molecule has 0 aliphatic heterocycles. The molecule has 1 aromatic rings. The highest BCUT2D eigenvalue weighted by Crippen LogP contribution is 2.27. The Balaban J connectivity index is 2.00. The Hall–Kier alpha value is -1.49. The van der Waals surface area contributed by atoms with Gasteiger partial charge in [0.25, 0.3) is 0 Å². The molecule has 0 saturated heterocycles. The predicted octanol–water partition coefficient (Wildman–Crippen LogP) is 3.36. The zero-order chi connectivity index (χ0) is 13.8. The predicted molar refractivity (Wildman–Crippen MR) is 71.3 cm³/mol. The molecule has 0 atom stereocenters. The van der Waals surface area contributed by atoms with Gasteiger partial charge < -0.3 is 0 Å². The van der Waals surface area contributed by atoms with Crippen molar-refractivity contribution in [3.8, 4) is 0 Å². The third-order valence-corrected chi connectivity index (χ3v) is 3.80. The normalized spacial score (nSPS) is 15.5. The van der Waals surface area contributed by atoms with Crippen LogP contribution in [0.2, 0.25) is 0 Å². The van der Waals surface area contributed by atoms with E-state index < -0.39 is 16.4 Å². The van der Waals surface area contributed by atoms with Crippen molar-refractivity contribution < 1.29 is 9.31 Å². The Morgan fingerprint density at radius 1 is 1.47 bits per heavy atom. The molecule has 5 heteroatoms. The molecule has 1 aromatic carbocycles. The van der Waals surface area contributed by atoms with Gasteiger partial charge in [-0.05, 0) is 36.9 Å². The van der Waals surface area contributed by atoms with Gasteiger partial charge in [-0.1, -0.05) is 19.4 Å². The zero-order valence-corrected chi connectivity index (χ0v) is 11.1. The number of hydrogen-bond acceptors (Lipinski definition) is 3. The maximum Gasteiger partial charge on any atom is 0.304 e. The second-order valence-corrected chi connectivity index (χ2v) is 5.17. The average Bonchev–Trinajstić information content (AvgIpc) is 2.31. The number of benzene rings is 1. The summed E-state index contributed by atoms with van der Waals surface area (Å²) >= 11 is 0. The summed E-state index contributed by atoms with van der Waals surface area (Å²) in [5.74, 6) is 0.0186. The second-order valence-electron chi connectivity index (χ2n) is 5.17. The Morgan fingerprint density at radius 3 is 2.68 bits per heavy atom. The lowest BCUT2D eigenvalue weighted by Crippen LogP contribution is -2.32. The minimum Gasteiger partial charge on any atom is -0.299 e. The first kappa shape index (κ1) is 13.9. The van der Waals surface area contributed by atoms with Gasteiger partial charge in [0, 0.05) is 19.2 Å². The number of hydrogen-bond donors (Lipinski definition) is 0. The summed E-state index contributed by atoms with van der Waals surface area (Å²) in [5.41, 5.74) is 0.343. The van der Waals surface area contributed by atoms with E-state index in [1.165, 1.54) is 31.4 Å². The molecule has 19 heavy (non-hydrogen) atoms. The van der Waals surface area contributed by atoms with Gasteiger partial charge in [-0.25, -0.2) is 0 Å². The quantitative estimate of drug-likeness (QED) is 0.586. The molecule has 0 amide bonds. The summed E-state index contributed by atoms with van der Waals surface area (Å²) in [6.07, 6.45) is 3.88. The topological polar surface area (TPSA) is 46.4 Å². The van der Waals surface area contributed by atoms with Crippen LogP contribution in [0.15, 0.2) is 18.2 Å². The molecule has 0 heterocycles. The lowest BCUT2D eigenvalue weighted by atomic mass is 9.85. The molecule has 1 aliphatic rings. The van der Waals surface area contributed by atoms with Crippen LogP contribution in [-0.2, 0) is 6.54 Å². The fraction of sp³-hybridized carbons (Fsp3) is 0.571. The van der Waals surface area contributed by atoms with Gasteiger partial charge >= 0.3 is 5.69 Å². The second kappa shape index (κ2) is 6.10. The zero-order valence-electron chi connectivity index (χ0n) is 11.1. The van der Waals surface area contributed by atoms with Crippen LogP contribution in [0, 0.1) is 21.8 Å². The molecular formula is C14H19FN2O2. The van der Waals surface area contributed by atoms with E-state index in [2.05, 4.69) is 11.8 Å². The van der Waals surface area contributed by atoms with E-state index in [0.29, 0.717) is 6.54 Å². The maximum atomic E-state index is 13.5. The van der Waals surface area contributed by atoms with Gasteiger partial charge in [0.2, 0.25) is 5.82 Å². The molecule has 1 aliphatic carbocycles. The van der Waals surface area contributed by atoms with Crippen molar-refractivity contribution in [3.63, 3.8) is 0 Å². The number of nitro benzene ring substituents is 1. The summed E-state index contributed by atoms with van der Waals surface area (Å²) < 4.78 is 13.5. The number of rotatable bonds is 6. The van der Waals surface area contributed by atoms with Crippen LogP contribution in [0.4, 0.5) is 10.1 Å². The smallest absolute Gasteiger partial charge is 0.299 e. The molecule has 104 valence electrons. The van der Waals surface area contributed by atoms with Crippen LogP contribution in [0.5, 0.6) is 0 Å². The first-order valence-electron chi connectivity index (χ1n) is 6.75. The largest absolute Gasteiger partial charge is 0.304 e. The van der Waals surface area contributed by atoms with Crippen LogP contribution < -0.4 is 0 Å². The van der Waals surface area contributed by atoms with Crippen molar-refractivity contribution in [1.29, 1.82) is 0 Å². The lowest BCUT2D eigenvalue weighted by molar-refractivity contribution is -0.387. The van der Waals surface area contributed by atoms with Crippen molar-refractivity contribution in [3.05, 3.63) is 39.7 Å². The number of nitro groups is 1. The van der Waals surface area contributed by atoms with Crippen LogP contribution in [-0.4, -0.2) is 22.9 Å². The van der Waals surface area contributed by atoms with E-state index in [9.17, 15) is 14.5 Å². The summed E-state index contributed by atoms with van der Waals surface area (Å²) in [6, 6.07) is 4.17. The van der Waals surface area contributed by atoms with Gasteiger partial charge in [-0.2, -0.15) is 4.39 Å². The molecular weight excluding hydrogens is 247 g/mol.